The van der Waals surface area contributed by atoms with Crippen molar-refractivity contribution in [2.45, 2.75) is 18.7 Å². The third-order valence-electron chi connectivity index (χ3n) is 2.76. The van der Waals surface area contributed by atoms with Crippen LogP contribution in [0.2, 0.25) is 0 Å². The summed E-state index contributed by atoms with van der Waals surface area (Å²) in [6.45, 7) is 3.22. The van der Waals surface area contributed by atoms with Crippen LogP contribution in [-0.2, 0) is 10.0 Å². The van der Waals surface area contributed by atoms with Gasteiger partial charge in [-0.15, -0.1) is 0 Å². The minimum Gasteiger partial charge on any atom is -0.397 e. The third-order valence-corrected chi connectivity index (χ3v) is 4.26. The largest absolute Gasteiger partial charge is 0.397 e. The fourth-order valence-electron chi connectivity index (χ4n) is 1.80. The highest BCUT2D eigenvalue weighted by Crippen LogP contribution is 2.21. The van der Waals surface area contributed by atoms with Crippen molar-refractivity contribution in [2.75, 3.05) is 10.5 Å². The summed E-state index contributed by atoms with van der Waals surface area (Å²) in [7, 11) is -3.82. The molecule has 0 bridgehead atoms. The van der Waals surface area contributed by atoms with Gasteiger partial charge in [0.15, 0.2) is 0 Å². The molecule has 2 aromatic rings. The molecular weight excluding hydrogens is 281 g/mol. The zero-order chi connectivity index (χ0) is 14.9. The number of nitrogens with two attached hydrogens (primary N) is 1. The van der Waals surface area contributed by atoms with E-state index in [1.54, 1.807) is 13.0 Å². The molecule has 1 aromatic carbocycles. The molecule has 0 unspecified atom stereocenters. The zero-order valence-corrected chi connectivity index (χ0v) is 11.8. The summed E-state index contributed by atoms with van der Waals surface area (Å²) < 4.78 is 39.9. The average Bonchev–Trinajstić information content (AvgIpc) is 2.32. The Balaban J connectivity index is 2.41. The lowest BCUT2D eigenvalue weighted by atomic mass is 10.2. The van der Waals surface area contributed by atoms with Crippen molar-refractivity contribution in [1.82, 2.24) is 4.98 Å². The van der Waals surface area contributed by atoms with Gasteiger partial charge >= 0.3 is 0 Å². The summed E-state index contributed by atoms with van der Waals surface area (Å²) >= 11 is 0. The molecule has 2 rings (SSSR count). The zero-order valence-electron chi connectivity index (χ0n) is 11.0. The lowest BCUT2D eigenvalue weighted by Gasteiger charge is -2.11. The maximum atomic E-state index is 13.0. The van der Waals surface area contributed by atoms with E-state index in [1.807, 2.05) is 0 Å². The number of nitrogens with zero attached hydrogens (tertiary/aromatic N) is 1. The maximum Gasteiger partial charge on any atom is 0.263 e. The third kappa shape index (κ3) is 2.88. The van der Waals surface area contributed by atoms with Crippen LogP contribution < -0.4 is 10.5 Å². The van der Waals surface area contributed by atoms with Gasteiger partial charge in [0.25, 0.3) is 10.0 Å². The fraction of sp³-hybridized carbons (Fsp3) is 0.154. The van der Waals surface area contributed by atoms with Gasteiger partial charge in [-0.2, -0.15) is 0 Å². The van der Waals surface area contributed by atoms with E-state index in [1.165, 1.54) is 19.2 Å². The summed E-state index contributed by atoms with van der Waals surface area (Å²) in [5.74, 6) is -0.286. The van der Waals surface area contributed by atoms with E-state index >= 15 is 0 Å². The molecule has 0 saturated carbocycles. The van der Waals surface area contributed by atoms with Crippen molar-refractivity contribution in [1.29, 1.82) is 0 Å². The first-order valence-corrected chi connectivity index (χ1v) is 7.29. The first kappa shape index (κ1) is 14.3. The number of aryl methyl sites for hydroxylation is 2. The lowest BCUT2D eigenvalue weighted by Crippen LogP contribution is -2.16. The van der Waals surface area contributed by atoms with Crippen molar-refractivity contribution in [3.05, 3.63) is 47.4 Å². The van der Waals surface area contributed by atoms with Crippen molar-refractivity contribution in [3.63, 3.8) is 0 Å². The molecule has 0 radical (unpaired) electrons. The SMILES string of the molecule is Cc1cc(F)ccc1S(=O)(=O)Nc1ncc(N)cc1C. The molecule has 0 spiro atoms. The molecular formula is C13H14FN3O2S. The molecule has 1 heterocycles. The van der Waals surface area contributed by atoms with Crippen LogP contribution in [0.1, 0.15) is 11.1 Å². The standard InChI is InChI=1S/C13H14FN3O2S/c1-8-5-10(14)3-4-12(8)20(18,19)17-13-9(2)6-11(15)7-16-13/h3-7H,15H2,1-2H3,(H,16,17). The number of benzene rings is 1. The average molecular weight is 295 g/mol. The summed E-state index contributed by atoms with van der Waals surface area (Å²) in [6.07, 6.45) is 1.36. The predicted octanol–water partition coefficient (Wildman–Crippen LogP) is 2.22. The van der Waals surface area contributed by atoms with Gasteiger partial charge in [0.05, 0.1) is 16.8 Å². The Morgan fingerprint density at radius 2 is 1.90 bits per heavy atom. The monoisotopic (exact) mass is 295 g/mol. The molecule has 0 aliphatic carbocycles. The van der Waals surface area contributed by atoms with Gasteiger partial charge < -0.3 is 5.73 Å². The topological polar surface area (TPSA) is 85.1 Å². The van der Waals surface area contributed by atoms with Crippen molar-refractivity contribution < 1.29 is 12.8 Å². The van der Waals surface area contributed by atoms with Gasteiger partial charge in [-0.25, -0.2) is 17.8 Å². The van der Waals surface area contributed by atoms with E-state index in [0.717, 1.165) is 12.1 Å². The van der Waals surface area contributed by atoms with Crippen LogP contribution in [0.25, 0.3) is 0 Å². The Morgan fingerprint density at radius 3 is 2.50 bits per heavy atom. The molecule has 0 amide bonds. The van der Waals surface area contributed by atoms with Gasteiger partial charge in [-0.05, 0) is 49.2 Å². The van der Waals surface area contributed by atoms with Crippen LogP contribution in [0.5, 0.6) is 0 Å². The van der Waals surface area contributed by atoms with Crippen LogP contribution in [0.15, 0.2) is 35.4 Å². The number of nitrogens with one attached hydrogen (secondary N) is 1. The minimum absolute atomic E-state index is 0.0110. The van der Waals surface area contributed by atoms with E-state index in [-0.39, 0.29) is 10.7 Å². The molecule has 0 fully saturated rings. The molecule has 0 aliphatic heterocycles. The number of pyridine rings is 1. The van der Waals surface area contributed by atoms with Crippen LogP contribution in [0.4, 0.5) is 15.9 Å². The number of nitrogen functional groups attached to an aromatic ring is 1. The van der Waals surface area contributed by atoms with E-state index < -0.39 is 15.8 Å². The van der Waals surface area contributed by atoms with Gasteiger partial charge in [0, 0.05) is 0 Å². The van der Waals surface area contributed by atoms with E-state index in [2.05, 4.69) is 9.71 Å². The number of anilines is 2. The first-order chi connectivity index (χ1) is 9.29. The van der Waals surface area contributed by atoms with Crippen molar-refractivity contribution >= 4 is 21.5 Å². The fourth-order valence-corrected chi connectivity index (χ4v) is 3.11. The molecule has 0 saturated heterocycles. The molecule has 1 aromatic heterocycles. The predicted molar refractivity (Wildman–Crippen MR) is 75.3 cm³/mol. The minimum atomic E-state index is -3.82. The van der Waals surface area contributed by atoms with Crippen LogP contribution in [0, 0.1) is 19.7 Å². The molecule has 5 nitrogen and oxygen atoms in total. The quantitative estimate of drug-likeness (QED) is 0.909. The number of hydrogen-bond acceptors (Lipinski definition) is 4. The lowest BCUT2D eigenvalue weighted by molar-refractivity contribution is 0.598. The number of rotatable bonds is 3. The number of aromatic nitrogens is 1. The van der Waals surface area contributed by atoms with Crippen molar-refractivity contribution in [2.24, 2.45) is 0 Å². The molecule has 106 valence electrons. The second-order valence-corrected chi connectivity index (χ2v) is 6.10. The highest BCUT2D eigenvalue weighted by molar-refractivity contribution is 7.92. The number of hydrogen-bond donors (Lipinski definition) is 2. The summed E-state index contributed by atoms with van der Waals surface area (Å²) in [4.78, 5) is 3.96. The Morgan fingerprint density at radius 1 is 1.20 bits per heavy atom. The number of halogens is 1. The molecule has 20 heavy (non-hydrogen) atoms. The maximum absolute atomic E-state index is 13.0. The molecule has 7 heteroatoms. The van der Waals surface area contributed by atoms with Gasteiger partial charge in [-0.3, -0.25) is 4.72 Å². The molecule has 0 aliphatic rings. The highest BCUT2D eigenvalue weighted by atomic mass is 32.2. The Labute approximate surface area is 116 Å². The van der Waals surface area contributed by atoms with Crippen LogP contribution in [0.3, 0.4) is 0 Å². The van der Waals surface area contributed by atoms with Gasteiger partial charge in [0.1, 0.15) is 11.6 Å². The smallest absolute Gasteiger partial charge is 0.263 e. The number of sulfonamides is 1. The van der Waals surface area contributed by atoms with Crippen LogP contribution in [-0.4, -0.2) is 13.4 Å². The van der Waals surface area contributed by atoms with Crippen molar-refractivity contribution in [3.8, 4) is 0 Å². The summed E-state index contributed by atoms with van der Waals surface area (Å²) in [5.41, 5.74) is 6.94. The molecule has 3 N–H and O–H groups in total. The summed E-state index contributed by atoms with van der Waals surface area (Å²) in [5, 5.41) is 0. The van der Waals surface area contributed by atoms with Crippen LogP contribution >= 0.6 is 0 Å². The van der Waals surface area contributed by atoms with Gasteiger partial charge in [-0.1, -0.05) is 0 Å². The molecule has 0 atom stereocenters. The van der Waals surface area contributed by atoms with Gasteiger partial charge in [0.2, 0.25) is 0 Å². The Hall–Kier alpha value is -2.15. The van der Waals surface area contributed by atoms with E-state index in [0.29, 0.717) is 16.8 Å². The first-order valence-electron chi connectivity index (χ1n) is 5.81. The Bertz CT molecular complexity index is 760. The highest BCUT2D eigenvalue weighted by Gasteiger charge is 2.18. The second kappa shape index (κ2) is 5.09. The normalized spacial score (nSPS) is 11.3. The van der Waals surface area contributed by atoms with E-state index in [4.69, 9.17) is 5.73 Å². The summed E-state index contributed by atoms with van der Waals surface area (Å²) in [6, 6.07) is 5.10. The van der Waals surface area contributed by atoms with E-state index in [9.17, 15) is 12.8 Å². The second-order valence-electron chi connectivity index (χ2n) is 4.45. The Kier molecular flexibility index (Phi) is 3.63.